The van der Waals surface area contributed by atoms with Gasteiger partial charge in [0.25, 0.3) is 0 Å². The highest BCUT2D eigenvalue weighted by atomic mass is 16.5. The van der Waals surface area contributed by atoms with E-state index in [1.54, 1.807) is 0 Å². The molecule has 0 unspecified atom stereocenters. The van der Waals surface area contributed by atoms with Crippen LogP contribution in [0.1, 0.15) is 30.9 Å². The van der Waals surface area contributed by atoms with Crippen molar-refractivity contribution in [3.8, 4) is 0 Å². The summed E-state index contributed by atoms with van der Waals surface area (Å²) in [6.07, 6.45) is 0. The van der Waals surface area contributed by atoms with Crippen LogP contribution in [0.2, 0.25) is 0 Å². The molecule has 0 aromatic carbocycles. The third kappa shape index (κ3) is 3.16. The molecule has 0 aliphatic carbocycles. The highest BCUT2D eigenvalue weighted by molar-refractivity contribution is 5.20. The molecule has 0 aliphatic heterocycles. The molecular weight excluding hydrogens is 178 g/mol. The van der Waals surface area contributed by atoms with Gasteiger partial charge in [-0.2, -0.15) is 0 Å². The summed E-state index contributed by atoms with van der Waals surface area (Å²) in [6.45, 7) is 9.21. The summed E-state index contributed by atoms with van der Waals surface area (Å²) >= 11 is 0. The lowest BCUT2D eigenvalue weighted by atomic mass is 10.2. The fraction of sp³-hybridized carbons (Fsp3) is 0.636. The van der Waals surface area contributed by atoms with Gasteiger partial charge in [0, 0.05) is 18.7 Å². The summed E-state index contributed by atoms with van der Waals surface area (Å²) in [5.74, 6) is 1.90. The molecule has 1 heterocycles. The number of nitrogens with one attached hydrogen (secondary N) is 1. The number of ether oxygens (including phenoxy) is 1. The Morgan fingerprint density at radius 3 is 2.86 bits per heavy atom. The standard InChI is InChI=1S/C11H19NO2/c1-4-12-7-10-6-11(8-13-5-2)14-9(10)3/h6,12H,4-5,7-8H2,1-3H3. The van der Waals surface area contributed by atoms with E-state index in [1.165, 1.54) is 5.56 Å². The number of rotatable bonds is 6. The number of hydrogen-bond acceptors (Lipinski definition) is 3. The zero-order chi connectivity index (χ0) is 10.4. The van der Waals surface area contributed by atoms with Gasteiger partial charge in [0.05, 0.1) is 0 Å². The SMILES string of the molecule is CCNCc1cc(COCC)oc1C. The van der Waals surface area contributed by atoms with Crippen LogP contribution in [0.15, 0.2) is 10.5 Å². The van der Waals surface area contributed by atoms with Gasteiger partial charge in [-0.3, -0.25) is 0 Å². The van der Waals surface area contributed by atoms with Crippen LogP contribution in [-0.2, 0) is 17.9 Å². The van der Waals surface area contributed by atoms with Gasteiger partial charge in [0.2, 0.25) is 0 Å². The second-order valence-corrected chi connectivity index (χ2v) is 3.21. The Balaban J connectivity index is 2.53. The Morgan fingerprint density at radius 2 is 2.21 bits per heavy atom. The Labute approximate surface area is 85.4 Å². The van der Waals surface area contributed by atoms with E-state index >= 15 is 0 Å². The fourth-order valence-corrected chi connectivity index (χ4v) is 1.30. The van der Waals surface area contributed by atoms with E-state index in [9.17, 15) is 0 Å². The third-order valence-corrected chi connectivity index (χ3v) is 2.09. The van der Waals surface area contributed by atoms with E-state index in [-0.39, 0.29) is 0 Å². The van der Waals surface area contributed by atoms with Crippen LogP contribution in [0, 0.1) is 6.92 Å². The van der Waals surface area contributed by atoms with Crippen molar-refractivity contribution in [1.29, 1.82) is 0 Å². The fourth-order valence-electron chi connectivity index (χ4n) is 1.30. The first-order valence-corrected chi connectivity index (χ1v) is 5.14. The van der Waals surface area contributed by atoms with Gasteiger partial charge < -0.3 is 14.5 Å². The largest absolute Gasteiger partial charge is 0.464 e. The lowest BCUT2D eigenvalue weighted by Crippen LogP contribution is -2.11. The minimum Gasteiger partial charge on any atom is -0.464 e. The van der Waals surface area contributed by atoms with Crippen LogP contribution in [0.3, 0.4) is 0 Å². The molecule has 14 heavy (non-hydrogen) atoms. The Hall–Kier alpha value is -0.800. The summed E-state index contributed by atoms with van der Waals surface area (Å²) in [5, 5.41) is 3.27. The highest BCUT2D eigenvalue weighted by Gasteiger charge is 2.06. The van der Waals surface area contributed by atoms with Crippen molar-refractivity contribution < 1.29 is 9.15 Å². The molecule has 1 aromatic rings. The van der Waals surface area contributed by atoms with E-state index in [4.69, 9.17) is 9.15 Å². The van der Waals surface area contributed by atoms with Gasteiger partial charge >= 0.3 is 0 Å². The maximum atomic E-state index is 5.55. The first-order valence-electron chi connectivity index (χ1n) is 5.14. The normalized spacial score (nSPS) is 10.8. The summed E-state index contributed by atoms with van der Waals surface area (Å²) in [6, 6.07) is 2.06. The van der Waals surface area contributed by atoms with E-state index in [2.05, 4.69) is 18.3 Å². The van der Waals surface area contributed by atoms with Crippen LogP contribution in [0.25, 0.3) is 0 Å². The van der Waals surface area contributed by atoms with Gasteiger partial charge in [0.15, 0.2) is 0 Å². The van der Waals surface area contributed by atoms with Gasteiger partial charge in [-0.15, -0.1) is 0 Å². The van der Waals surface area contributed by atoms with Crippen molar-refractivity contribution in [1.82, 2.24) is 5.32 Å². The summed E-state index contributed by atoms with van der Waals surface area (Å²) in [4.78, 5) is 0. The molecule has 0 aliphatic rings. The predicted octanol–water partition coefficient (Wildman–Crippen LogP) is 2.23. The Morgan fingerprint density at radius 1 is 1.43 bits per heavy atom. The van der Waals surface area contributed by atoms with Gasteiger partial charge in [-0.1, -0.05) is 6.92 Å². The minimum absolute atomic E-state index is 0.573. The lowest BCUT2D eigenvalue weighted by molar-refractivity contribution is 0.117. The molecule has 80 valence electrons. The number of hydrogen-bond donors (Lipinski definition) is 1. The van der Waals surface area contributed by atoms with Crippen molar-refractivity contribution in [2.45, 2.75) is 33.9 Å². The molecule has 0 fully saturated rings. The molecular formula is C11H19NO2. The van der Waals surface area contributed by atoms with E-state index < -0.39 is 0 Å². The maximum absolute atomic E-state index is 5.55. The van der Waals surface area contributed by atoms with Crippen LogP contribution in [-0.4, -0.2) is 13.2 Å². The van der Waals surface area contributed by atoms with Crippen molar-refractivity contribution in [3.05, 3.63) is 23.2 Å². The first-order chi connectivity index (χ1) is 6.77. The predicted molar refractivity (Wildman–Crippen MR) is 56.2 cm³/mol. The molecule has 0 spiro atoms. The molecule has 3 nitrogen and oxygen atoms in total. The second kappa shape index (κ2) is 5.83. The summed E-state index contributed by atoms with van der Waals surface area (Å²) < 4.78 is 10.8. The van der Waals surface area contributed by atoms with E-state index in [0.717, 1.165) is 31.2 Å². The molecule has 0 saturated heterocycles. The molecule has 0 bridgehead atoms. The molecule has 0 atom stereocenters. The summed E-state index contributed by atoms with van der Waals surface area (Å²) in [7, 11) is 0. The Kier molecular flexibility index (Phi) is 4.70. The average molecular weight is 197 g/mol. The number of aryl methyl sites for hydroxylation is 1. The zero-order valence-electron chi connectivity index (χ0n) is 9.22. The molecule has 0 amide bonds. The molecule has 0 saturated carbocycles. The Bertz CT molecular complexity index is 268. The van der Waals surface area contributed by atoms with Gasteiger partial charge in [0.1, 0.15) is 18.1 Å². The molecule has 1 rings (SSSR count). The minimum atomic E-state index is 0.573. The first kappa shape index (κ1) is 11.3. The van der Waals surface area contributed by atoms with E-state index in [1.807, 2.05) is 13.8 Å². The monoisotopic (exact) mass is 197 g/mol. The van der Waals surface area contributed by atoms with Gasteiger partial charge in [-0.25, -0.2) is 0 Å². The van der Waals surface area contributed by atoms with Crippen LogP contribution >= 0.6 is 0 Å². The molecule has 1 aromatic heterocycles. The zero-order valence-corrected chi connectivity index (χ0v) is 9.22. The van der Waals surface area contributed by atoms with E-state index in [0.29, 0.717) is 6.61 Å². The second-order valence-electron chi connectivity index (χ2n) is 3.21. The van der Waals surface area contributed by atoms with Crippen molar-refractivity contribution in [2.24, 2.45) is 0 Å². The topological polar surface area (TPSA) is 34.4 Å². The average Bonchev–Trinajstić information content (AvgIpc) is 2.53. The van der Waals surface area contributed by atoms with Crippen LogP contribution in [0.4, 0.5) is 0 Å². The molecule has 1 N–H and O–H groups in total. The van der Waals surface area contributed by atoms with Crippen molar-refractivity contribution >= 4 is 0 Å². The maximum Gasteiger partial charge on any atom is 0.130 e. The van der Waals surface area contributed by atoms with Crippen LogP contribution in [0.5, 0.6) is 0 Å². The lowest BCUT2D eigenvalue weighted by Gasteiger charge is -1.97. The van der Waals surface area contributed by atoms with Crippen molar-refractivity contribution in [2.75, 3.05) is 13.2 Å². The van der Waals surface area contributed by atoms with Crippen LogP contribution < -0.4 is 5.32 Å². The molecule has 3 heteroatoms. The summed E-state index contributed by atoms with van der Waals surface area (Å²) in [5.41, 5.74) is 1.22. The van der Waals surface area contributed by atoms with Crippen molar-refractivity contribution in [3.63, 3.8) is 0 Å². The quantitative estimate of drug-likeness (QED) is 0.759. The number of furan rings is 1. The van der Waals surface area contributed by atoms with Gasteiger partial charge in [-0.05, 0) is 26.5 Å². The highest BCUT2D eigenvalue weighted by Crippen LogP contribution is 2.15. The smallest absolute Gasteiger partial charge is 0.130 e. The third-order valence-electron chi connectivity index (χ3n) is 2.09. The molecule has 0 radical (unpaired) electrons.